The number of hydrogen-bond acceptors (Lipinski definition) is 2. The number of nitrogens with zero attached hydrogens (tertiary/aromatic N) is 1. The molecule has 3 nitrogen and oxygen atoms in total. The molecule has 1 atom stereocenters. The van der Waals surface area contributed by atoms with Crippen molar-refractivity contribution >= 4 is 11.6 Å². The number of para-hydroxylation sites is 1. The van der Waals surface area contributed by atoms with Crippen molar-refractivity contribution in [3.05, 3.63) is 102 Å². The third-order valence-electron chi connectivity index (χ3n) is 4.94. The summed E-state index contributed by atoms with van der Waals surface area (Å²) < 4.78 is 0. The van der Waals surface area contributed by atoms with Crippen LogP contribution in [0.4, 0.5) is 5.69 Å². The Bertz CT molecular complexity index is 908. The van der Waals surface area contributed by atoms with Crippen LogP contribution < -0.4 is 5.32 Å². The van der Waals surface area contributed by atoms with Crippen molar-refractivity contribution < 1.29 is 4.79 Å². The second-order valence-corrected chi connectivity index (χ2v) is 6.57. The van der Waals surface area contributed by atoms with E-state index in [1.54, 1.807) is 0 Å². The monoisotopic (exact) mass is 342 g/mol. The van der Waals surface area contributed by atoms with E-state index in [9.17, 15) is 4.79 Å². The number of fused-ring (bicyclic) bond motifs is 1. The van der Waals surface area contributed by atoms with Crippen LogP contribution in [0.3, 0.4) is 0 Å². The predicted molar refractivity (Wildman–Crippen MR) is 105 cm³/mol. The molecular formula is C23H22N2O. The summed E-state index contributed by atoms with van der Waals surface area (Å²) in [6.45, 7) is 2.79. The SMILES string of the molecule is CCCN1C(=O)c2ccccc2[C@]1(Nc1ccccc1)c1ccccc1. The Kier molecular flexibility index (Phi) is 4.21. The number of anilines is 1. The number of carbonyl (C=O) groups is 1. The zero-order valence-corrected chi connectivity index (χ0v) is 14.9. The molecule has 0 saturated carbocycles. The van der Waals surface area contributed by atoms with Gasteiger partial charge in [-0.25, -0.2) is 0 Å². The van der Waals surface area contributed by atoms with Crippen LogP contribution in [-0.4, -0.2) is 17.4 Å². The van der Waals surface area contributed by atoms with Crippen LogP contribution in [0.15, 0.2) is 84.9 Å². The highest BCUT2D eigenvalue weighted by molar-refractivity contribution is 6.01. The summed E-state index contributed by atoms with van der Waals surface area (Å²) >= 11 is 0. The largest absolute Gasteiger partial charge is 0.355 e. The lowest BCUT2D eigenvalue weighted by atomic mass is 9.90. The topological polar surface area (TPSA) is 32.3 Å². The van der Waals surface area contributed by atoms with Gasteiger partial charge in [0, 0.05) is 28.9 Å². The molecule has 0 aliphatic carbocycles. The molecule has 0 unspecified atom stereocenters. The van der Waals surface area contributed by atoms with Crippen LogP contribution >= 0.6 is 0 Å². The van der Waals surface area contributed by atoms with E-state index in [1.807, 2.05) is 71.6 Å². The molecule has 0 aromatic heterocycles. The van der Waals surface area contributed by atoms with Gasteiger partial charge in [0.25, 0.3) is 5.91 Å². The van der Waals surface area contributed by atoms with Crippen LogP contribution in [-0.2, 0) is 5.66 Å². The normalized spacial score (nSPS) is 18.7. The van der Waals surface area contributed by atoms with Crippen molar-refractivity contribution in [2.24, 2.45) is 0 Å². The highest BCUT2D eigenvalue weighted by Gasteiger charge is 2.50. The quantitative estimate of drug-likeness (QED) is 0.718. The molecule has 1 amide bonds. The Balaban J connectivity index is 1.98. The molecule has 3 aromatic carbocycles. The van der Waals surface area contributed by atoms with Crippen molar-refractivity contribution in [2.75, 3.05) is 11.9 Å². The number of nitrogens with one attached hydrogen (secondary N) is 1. The van der Waals surface area contributed by atoms with Crippen molar-refractivity contribution in [1.82, 2.24) is 4.90 Å². The maximum atomic E-state index is 13.3. The minimum atomic E-state index is -0.702. The number of hydrogen-bond donors (Lipinski definition) is 1. The van der Waals surface area contributed by atoms with Gasteiger partial charge in [0.2, 0.25) is 0 Å². The molecule has 4 rings (SSSR count). The minimum Gasteiger partial charge on any atom is -0.355 e. The zero-order valence-electron chi connectivity index (χ0n) is 14.9. The number of rotatable bonds is 5. The Morgan fingerprint density at radius 2 is 1.46 bits per heavy atom. The Morgan fingerprint density at radius 3 is 2.15 bits per heavy atom. The van der Waals surface area contributed by atoms with E-state index >= 15 is 0 Å². The van der Waals surface area contributed by atoms with Crippen LogP contribution in [0.5, 0.6) is 0 Å². The molecule has 0 fully saturated rings. The zero-order chi connectivity index (χ0) is 18.0. The third kappa shape index (κ3) is 2.48. The third-order valence-corrected chi connectivity index (χ3v) is 4.94. The van der Waals surface area contributed by atoms with Gasteiger partial charge in [-0.05, 0) is 24.6 Å². The lowest BCUT2D eigenvalue weighted by molar-refractivity contribution is 0.0663. The average Bonchev–Trinajstić information content (AvgIpc) is 2.94. The van der Waals surface area contributed by atoms with E-state index in [2.05, 4.69) is 30.4 Å². The summed E-state index contributed by atoms with van der Waals surface area (Å²) in [5.41, 5.74) is 3.13. The molecule has 1 heterocycles. The van der Waals surface area contributed by atoms with Crippen molar-refractivity contribution in [3.8, 4) is 0 Å². The van der Waals surface area contributed by atoms with Gasteiger partial charge in [-0.1, -0.05) is 73.7 Å². The Labute approximate surface area is 154 Å². The van der Waals surface area contributed by atoms with Crippen LogP contribution in [0.2, 0.25) is 0 Å². The summed E-state index contributed by atoms with van der Waals surface area (Å²) in [6.07, 6.45) is 0.894. The summed E-state index contributed by atoms with van der Waals surface area (Å²) in [4.78, 5) is 15.2. The highest BCUT2D eigenvalue weighted by atomic mass is 16.2. The average molecular weight is 342 g/mol. The molecule has 3 aromatic rings. The second-order valence-electron chi connectivity index (χ2n) is 6.57. The molecule has 1 aliphatic rings. The van der Waals surface area contributed by atoms with Gasteiger partial charge in [0.05, 0.1) is 0 Å². The van der Waals surface area contributed by atoms with E-state index in [-0.39, 0.29) is 5.91 Å². The lowest BCUT2D eigenvalue weighted by Gasteiger charge is -2.41. The number of carbonyl (C=O) groups excluding carboxylic acids is 1. The van der Waals surface area contributed by atoms with Crippen molar-refractivity contribution in [1.29, 1.82) is 0 Å². The Morgan fingerprint density at radius 1 is 0.846 bits per heavy atom. The predicted octanol–water partition coefficient (Wildman–Crippen LogP) is 4.87. The van der Waals surface area contributed by atoms with Crippen LogP contribution in [0.1, 0.15) is 34.8 Å². The fourth-order valence-electron chi connectivity index (χ4n) is 3.85. The summed E-state index contributed by atoms with van der Waals surface area (Å²) in [7, 11) is 0. The smallest absolute Gasteiger partial charge is 0.256 e. The second kappa shape index (κ2) is 6.68. The molecular weight excluding hydrogens is 320 g/mol. The fourth-order valence-corrected chi connectivity index (χ4v) is 3.85. The molecule has 26 heavy (non-hydrogen) atoms. The van der Waals surface area contributed by atoms with Gasteiger partial charge >= 0.3 is 0 Å². The van der Waals surface area contributed by atoms with E-state index < -0.39 is 5.66 Å². The first-order valence-electron chi connectivity index (χ1n) is 9.07. The first-order valence-corrected chi connectivity index (χ1v) is 9.07. The van der Waals surface area contributed by atoms with Crippen molar-refractivity contribution in [2.45, 2.75) is 19.0 Å². The van der Waals surface area contributed by atoms with Crippen molar-refractivity contribution in [3.63, 3.8) is 0 Å². The van der Waals surface area contributed by atoms with E-state index in [4.69, 9.17) is 0 Å². The van der Waals surface area contributed by atoms with Gasteiger partial charge in [-0.3, -0.25) is 4.79 Å². The molecule has 0 saturated heterocycles. The molecule has 130 valence electrons. The maximum absolute atomic E-state index is 13.3. The summed E-state index contributed by atoms with van der Waals surface area (Å²) in [5.74, 6) is 0.0785. The first-order chi connectivity index (χ1) is 12.8. The van der Waals surface area contributed by atoms with Gasteiger partial charge in [0.15, 0.2) is 5.66 Å². The summed E-state index contributed by atoms with van der Waals surface area (Å²) in [6, 6.07) is 28.3. The van der Waals surface area contributed by atoms with Gasteiger partial charge in [-0.2, -0.15) is 0 Å². The van der Waals surface area contributed by atoms with Crippen LogP contribution in [0.25, 0.3) is 0 Å². The van der Waals surface area contributed by atoms with Gasteiger partial charge in [0.1, 0.15) is 0 Å². The van der Waals surface area contributed by atoms with E-state index in [1.165, 1.54) is 0 Å². The Hall–Kier alpha value is -3.07. The molecule has 0 radical (unpaired) electrons. The molecule has 3 heteroatoms. The minimum absolute atomic E-state index is 0.0785. The summed E-state index contributed by atoms with van der Waals surface area (Å²) in [5, 5.41) is 3.70. The highest BCUT2D eigenvalue weighted by Crippen LogP contribution is 2.44. The van der Waals surface area contributed by atoms with Gasteiger partial charge in [-0.15, -0.1) is 0 Å². The first kappa shape index (κ1) is 16.4. The number of amides is 1. The van der Waals surface area contributed by atoms with E-state index in [0.29, 0.717) is 6.54 Å². The van der Waals surface area contributed by atoms with Gasteiger partial charge < -0.3 is 10.2 Å². The molecule has 1 aliphatic heterocycles. The molecule has 1 N–H and O–H groups in total. The lowest BCUT2D eigenvalue weighted by Crippen LogP contribution is -2.50. The molecule has 0 bridgehead atoms. The fraction of sp³-hybridized carbons (Fsp3) is 0.174. The molecule has 0 spiro atoms. The van der Waals surface area contributed by atoms with Crippen LogP contribution in [0, 0.1) is 0 Å². The standard InChI is InChI=1S/C23H22N2O/c1-2-17-25-22(26)20-15-9-10-16-21(20)23(25,18-11-5-3-6-12-18)24-19-13-7-4-8-14-19/h3-16,24H,2,17H2,1H3/t23-/m0/s1. The van der Waals surface area contributed by atoms with E-state index in [0.717, 1.165) is 28.8 Å². The number of benzene rings is 3. The maximum Gasteiger partial charge on any atom is 0.256 e.